The van der Waals surface area contributed by atoms with Gasteiger partial charge in [0, 0.05) is 6.54 Å². The maximum absolute atomic E-state index is 13.6. The number of benzene rings is 1. The van der Waals surface area contributed by atoms with Crippen LogP contribution in [0.4, 0.5) is 10.1 Å². The largest absolute Gasteiger partial charge is 0.394 e. The highest BCUT2D eigenvalue weighted by Crippen LogP contribution is 2.23. The summed E-state index contributed by atoms with van der Waals surface area (Å²) in [7, 11) is 0. The van der Waals surface area contributed by atoms with Crippen LogP contribution in [0.25, 0.3) is 10.6 Å². The molecule has 1 unspecified atom stereocenters. The van der Waals surface area contributed by atoms with E-state index in [1.807, 2.05) is 17.5 Å². The Kier molecular flexibility index (Phi) is 5.66. The third-order valence-electron chi connectivity index (χ3n) is 4.13. The van der Waals surface area contributed by atoms with E-state index in [1.54, 1.807) is 25.1 Å². The first-order valence-corrected chi connectivity index (χ1v) is 9.29. The molecule has 8 heteroatoms. The Bertz CT molecular complexity index is 1000. The predicted molar refractivity (Wildman–Crippen MR) is 104 cm³/mol. The van der Waals surface area contributed by atoms with Gasteiger partial charge in [0.1, 0.15) is 23.2 Å². The molecule has 1 atom stereocenters. The Hall–Kier alpha value is -3.00. The van der Waals surface area contributed by atoms with Crippen molar-refractivity contribution in [1.29, 1.82) is 0 Å². The molecule has 1 aromatic carbocycles. The number of anilines is 1. The van der Waals surface area contributed by atoms with Crippen LogP contribution >= 0.6 is 11.3 Å². The van der Waals surface area contributed by atoms with E-state index in [4.69, 9.17) is 5.73 Å². The number of carbonyl (C=O) groups excluding carboxylic acids is 1. The summed E-state index contributed by atoms with van der Waals surface area (Å²) in [4.78, 5) is 25.6. The summed E-state index contributed by atoms with van der Waals surface area (Å²) in [6.45, 7) is 1.82. The number of nitrogens with zero attached hydrogens (tertiary/aromatic N) is 2. The third-order valence-corrected chi connectivity index (χ3v) is 5.03. The molecule has 6 nitrogen and oxygen atoms in total. The summed E-state index contributed by atoms with van der Waals surface area (Å²) in [6, 6.07) is 10.8. The number of hydrogen-bond donors (Lipinski definition) is 2. The second-order valence-electron chi connectivity index (χ2n) is 6.02. The van der Waals surface area contributed by atoms with Crippen molar-refractivity contribution in [2.45, 2.75) is 19.4 Å². The second kappa shape index (κ2) is 8.13. The number of thiophene rings is 1. The molecule has 3 N–H and O–H groups in total. The fourth-order valence-corrected chi connectivity index (χ4v) is 3.30. The van der Waals surface area contributed by atoms with E-state index in [-0.39, 0.29) is 24.0 Å². The van der Waals surface area contributed by atoms with E-state index in [2.05, 4.69) is 10.4 Å². The summed E-state index contributed by atoms with van der Waals surface area (Å²) in [5.74, 6) is -0.697. The lowest BCUT2D eigenvalue weighted by atomic mass is 10.1. The molecule has 0 saturated heterocycles. The van der Waals surface area contributed by atoms with Gasteiger partial charge < -0.3 is 11.1 Å². The molecule has 0 spiro atoms. The maximum Gasteiger partial charge on any atom is 0.290 e. The number of carbonyl (C=O) groups is 1. The molecule has 2 heterocycles. The Balaban J connectivity index is 1.73. The number of rotatable bonds is 6. The van der Waals surface area contributed by atoms with Crippen molar-refractivity contribution in [3.63, 3.8) is 0 Å². The predicted octanol–water partition coefficient (Wildman–Crippen LogP) is 2.61. The second-order valence-corrected chi connectivity index (χ2v) is 6.97. The lowest BCUT2D eigenvalue weighted by molar-refractivity contribution is -0.124. The SMILES string of the molecule is CC(C(=O)NCCc1ccccc1F)n1nc(-c2cccs2)cc(N)c1=O. The molecular formula is C19H19FN4O2S. The minimum Gasteiger partial charge on any atom is -0.394 e. The highest BCUT2D eigenvalue weighted by molar-refractivity contribution is 7.13. The highest BCUT2D eigenvalue weighted by Gasteiger charge is 2.19. The molecule has 0 saturated carbocycles. The van der Waals surface area contributed by atoms with Crippen molar-refractivity contribution in [2.75, 3.05) is 12.3 Å². The van der Waals surface area contributed by atoms with Gasteiger partial charge in [-0.25, -0.2) is 9.07 Å². The van der Waals surface area contributed by atoms with E-state index in [0.29, 0.717) is 17.7 Å². The van der Waals surface area contributed by atoms with Crippen LogP contribution in [-0.4, -0.2) is 22.2 Å². The van der Waals surface area contributed by atoms with Crippen LogP contribution in [0, 0.1) is 5.82 Å². The molecule has 0 radical (unpaired) electrons. The molecule has 0 fully saturated rings. The number of halogens is 1. The number of nitrogens with two attached hydrogens (primary N) is 1. The van der Waals surface area contributed by atoms with Crippen LogP contribution in [-0.2, 0) is 11.2 Å². The van der Waals surface area contributed by atoms with Gasteiger partial charge in [-0.1, -0.05) is 24.3 Å². The van der Waals surface area contributed by atoms with Gasteiger partial charge in [-0.15, -0.1) is 11.3 Å². The fraction of sp³-hybridized carbons (Fsp3) is 0.211. The van der Waals surface area contributed by atoms with Gasteiger partial charge in [-0.3, -0.25) is 9.59 Å². The standard InChI is InChI=1S/C19H19FN4O2S/c1-12(18(25)22-9-8-13-5-2-3-6-14(13)20)24-19(26)15(21)11-16(23-24)17-7-4-10-27-17/h2-7,10-12H,8-9,21H2,1H3,(H,22,25). The Morgan fingerprint density at radius 2 is 2.11 bits per heavy atom. The first-order valence-electron chi connectivity index (χ1n) is 8.41. The molecule has 2 aromatic heterocycles. The molecule has 27 heavy (non-hydrogen) atoms. The van der Waals surface area contributed by atoms with Crippen LogP contribution < -0.4 is 16.6 Å². The number of aromatic nitrogens is 2. The average Bonchev–Trinajstić information content (AvgIpc) is 3.19. The van der Waals surface area contributed by atoms with E-state index in [0.717, 1.165) is 9.56 Å². The minimum absolute atomic E-state index is 0.0272. The van der Waals surface area contributed by atoms with Gasteiger partial charge in [0.15, 0.2) is 0 Å². The topological polar surface area (TPSA) is 90.0 Å². The Morgan fingerprint density at radius 1 is 1.33 bits per heavy atom. The van der Waals surface area contributed by atoms with E-state index >= 15 is 0 Å². The lowest BCUT2D eigenvalue weighted by Crippen LogP contribution is -2.38. The first-order chi connectivity index (χ1) is 13.0. The van der Waals surface area contributed by atoms with Crippen LogP contribution in [0.5, 0.6) is 0 Å². The zero-order chi connectivity index (χ0) is 19.4. The molecule has 0 aliphatic rings. The normalized spacial score (nSPS) is 11.9. The monoisotopic (exact) mass is 386 g/mol. The van der Waals surface area contributed by atoms with Gasteiger partial charge in [-0.2, -0.15) is 5.10 Å². The van der Waals surface area contributed by atoms with E-state index in [9.17, 15) is 14.0 Å². The zero-order valence-electron chi connectivity index (χ0n) is 14.7. The Morgan fingerprint density at radius 3 is 2.81 bits per heavy atom. The smallest absolute Gasteiger partial charge is 0.290 e. The summed E-state index contributed by atoms with van der Waals surface area (Å²) >= 11 is 1.46. The van der Waals surface area contributed by atoms with Crippen molar-refractivity contribution in [3.05, 3.63) is 69.6 Å². The van der Waals surface area contributed by atoms with Crippen molar-refractivity contribution >= 4 is 22.9 Å². The molecule has 140 valence electrons. The van der Waals surface area contributed by atoms with Gasteiger partial charge in [0.2, 0.25) is 5.91 Å². The van der Waals surface area contributed by atoms with Gasteiger partial charge in [-0.05, 0) is 42.5 Å². The van der Waals surface area contributed by atoms with Gasteiger partial charge in [0.25, 0.3) is 5.56 Å². The molecule has 0 aliphatic carbocycles. The molecule has 0 bridgehead atoms. The van der Waals surface area contributed by atoms with E-state index in [1.165, 1.54) is 23.5 Å². The number of nitrogens with one attached hydrogen (secondary N) is 1. The average molecular weight is 386 g/mol. The fourth-order valence-electron chi connectivity index (χ4n) is 2.62. The molecule has 1 amide bonds. The van der Waals surface area contributed by atoms with Crippen LogP contribution in [0.1, 0.15) is 18.5 Å². The summed E-state index contributed by atoms with van der Waals surface area (Å²) < 4.78 is 14.7. The van der Waals surface area contributed by atoms with Gasteiger partial charge >= 0.3 is 0 Å². The first kappa shape index (κ1) is 18.8. The van der Waals surface area contributed by atoms with Crippen molar-refractivity contribution in [2.24, 2.45) is 0 Å². The quantitative estimate of drug-likeness (QED) is 0.681. The molecule has 3 rings (SSSR count). The van der Waals surface area contributed by atoms with Crippen molar-refractivity contribution in [3.8, 4) is 10.6 Å². The van der Waals surface area contributed by atoms with E-state index < -0.39 is 11.6 Å². The third kappa shape index (κ3) is 4.22. The number of amides is 1. The number of nitrogen functional groups attached to an aromatic ring is 1. The summed E-state index contributed by atoms with van der Waals surface area (Å²) in [5, 5.41) is 8.90. The van der Waals surface area contributed by atoms with Gasteiger partial charge in [0.05, 0.1) is 4.88 Å². The summed E-state index contributed by atoms with van der Waals surface area (Å²) in [6.07, 6.45) is 0.352. The van der Waals surface area contributed by atoms with Crippen molar-refractivity contribution in [1.82, 2.24) is 15.1 Å². The van der Waals surface area contributed by atoms with Crippen LogP contribution in [0.15, 0.2) is 52.6 Å². The molecule has 0 aliphatic heterocycles. The molecular weight excluding hydrogens is 367 g/mol. The van der Waals surface area contributed by atoms with Crippen LogP contribution in [0.3, 0.4) is 0 Å². The zero-order valence-corrected chi connectivity index (χ0v) is 15.5. The molecule has 3 aromatic rings. The van der Waals surface area contributed by atoms with Crippen molar-refractivity contribution < 1.29 is 9.18 Å². The Labute approximate surface area is 159 Å². The summed E-state index contributed by atoms with van der Waals surface area (Å²) in [5.41, 5.74) is 6.38. The van der Waals surface area contributed by atoms with Crippen LogP contribution in [0.2, 0.25) is 0 Å². The number of hydrogen-bond acceptors (Lipinski definition) is 5. The maximum atomic E-state index is 13.6. The highest BCUT2D eigenvalue weighted by atomic mass is 32.1. The minimum atomic E-state index is -0.847. The lowest BCUT2D eigenvalue weighted by Gasteiger charge is -2.15.